The second kappa shape index (κ2) is 4.89. The Labute approximate surface area is 103 Å². The van der Waals surface area contributed by atoms with Crippen molar-refractivity contribution >= 4 is 0 Å². The van der Waals surface area contributed by atoms with Crippen molar-refractivity contribution in [3.63, 3.8) is 0 Å². The first-order valence-corrected chi connectivity index (χ1v) is 6.42. The summed E-state index contributed by atoms with van der Waals surface area (Å²) in [5, 5.41) is 12.9. The molecule has 1 unspecified atom stereocenters. The molecular weight excluding hydrogens is 212 g/mol. The van der Waals surface area contributed by atoms with Crippen LogP contribution in [0.25, 0.3) is 0 Å². The molecule has 0 amide bonds. The second-order valence-corrected chi connectivity index (χ2v) is 4.71. The van der Waals surface area contributed by atoms with Crippen molar-refractivity contribution in [1.29, 1.82) is 5.26 Å². The quantitative estimate of drug-likeness (QED) is 0.812. The van der Waals surface area contributed by atoms with Crippen LogP contribution in [0, 0.1) is 17.2 Å². The second-order valence-electron chi connectivity index (χ2n) is 4.71. The van der Waals surface area contributed by atoms with Crippen LogP contribution in [-0.4, -0.2) is 21.6 Å². The Balaban J connectivity index is 2.20. The van der Waals surface area contributed by atoms with E-state index in [1.807, 2.05) is 12.4 Å². The number of hydrogen-bond donors (Lipinski definition) is 1. The minimum atomic E-state index is -0.403. The van der Waals surface area contributed by atoms with E-state index in [0.29, 0.717) is 12.5 Å². The third kappa shape index (κ3) is 2.34. The molecule has 0 radical (unpaired) electrons. The van der Waals surface area contributed by atoms with Gasteiger partial charge in [0.25, 0.3) is 0 Å². The highest BCUT2D eigenvalue weighted by molar-refractivity contribution is 5.16. The standard InChI is InChI=1S/C13H20N4/c1-3-12-15-7-8-17(12)10-13(9-14,16-4-2)11-5-6-11/h7-8,11,16H,3-6,10H2,1-2H3. The molecule has 1 aliphatic carbocycles. The van der Waals surface area contributed by atoms with Crippen molar-refractivity contribution in [1.82, 2.24) is 14.9 Å². The van der Waals surface area contributed by atoms with Gasteiger partial charge in [0, 0.05) is 18.8 Å². The zero-order valence-corrected chi connectivity index (χ0v) is 10.6. The molecule has 0 aromatic carbocycles. The molecule has 1 N–H and O–H groups in total. The maximum Gasteiger partial charge on any atom is 0.127 e. The maximum atomic E-state index is 9.53. The van der Waals surface area contributed by atoms with Gasteiger partial charge in [0.15, 0.2) is 0 Å². The van der Waals surface area contributed by atoms with Gasteiger partial charge in [0.2, 0.25) is 0 Å². The molecule has 0 aliphatic heterocycles. The molecule has 1 atom stereocenters. The smallest absolute Gasteiger partial charge is 0.127 e. The van der Waals surface area contributed by atoms with Gasteiger partial charge in [-0.25, -0.2) is 4.98 Å². The van der Waals surface area contributed by atoms with E-state index in [1.165, 1.54) is 0 Å². The SMILES string of the molecule is CCNC(C#N)(Cn1ccnc1CC)C1CC1. The van der Waals surface area contributed by atoms with Crippen molar-refractivity contribution in [3.8, 4) is 6.07 Å². The lowest BCUT2D eigenvalue weighted by molar-refractivity contribution is 0.320. The fourth-order valence-electron chi connectivity index (χ4n) is 2.45. The van der Waals surface area contributed by atoms with E-state index in [-0.39, 0.29) is 0 Å². The fraction of sp³-hybridized carbons (Fsp3) is 0.692. The molecule has 4 heteroatoms. The Morgan fingerprint density at radius 3 is 2.88 bits per heavy atom. The van der Waals surface area contributed by atoms with Gasteiger partial charge in [-0.15, -0.1) is 0 Å². The number of hydrogen-bond acceptors (Lipinski definition) is 3. The summed E-state index contributed by atoms with van der Waals surface area (Å²) in [5.41, 5.74) is -0.403. The van der Waals surface area contributed by atoms with E-state index >= 15 is 0 Å². The number of nitrogens with zero attached hydrogens (tertiary/aromatic N) is 3. The number of rotatable bonds is 6. The molecule has 1 aliphatic rings. The van der Waals surface area contributed by atoms with Crippen LogP contribution in [0.5, 0.6) is 0 Å². The van der Waals surface area contributed by atoms with Crippen LogP contribution in [0.1, 0.15) is 32.5 Å². The molecule has 1 aromatic rings. The molecule has 1 aromatic heterocycles. The minimum absolute atomic E-state index is 0.403. The van der Waals surface area contributed by atoms with Crippen LogP contribution in [0.2, 0.25) is 0 Å². The number of nitrogens with one attached hydrogen (secondary N) is 1. The van der Waals surface area contributed by atoms with Crippen LogP contribution >= 0.6 is 0 Å². The number of likely N-dealkylation sites (N-methyl/N-ethyl adjacent to an activating group) is 1. The largest absolute Gasteiger partial charge is 0.332 e. The van der Waals surface area contributed by atoms with Crippen molar-refractivity contribution in [2.75, 3.05) is 6.54 Å². The van der Waals surface area contributed by atoms with E-state index in [2.05, 4.69) is 34.8 Å². The van der Waals surface area contributed by atoms with Gasteiger partial charge in [-0.05, 0) is 25.3 Å². The van der Waals surface area contributed by atoms with Crippen LogP contribution in [0.3, 0.4) is 0 Å². The summed E-state index contributed by atoms with van der Waals surface area (Å²) in [4.78, 5) is 4.32. The summed E-state index contributed by atoms with van der Waals surface area (Å²) in [6, 6.07) is 2.51. The molecule has 0 bridgehead atoms. The molecule has 1 heterocycles. The molecule has 92 valence electrons. The van der Waals surface area contributed by atoms with E-state index in [1.54, 1.807) is 0 Å². The van der Waals surface area contributed by atoms with E-state index in [4.69, 9.17) is 0 Å². The Morgan fingerprint density at radius 2 is 2.35 bits per heavy atom. The van der Waals surface area contributed by atoms with Crippen LogP contribution in [-0.2, 0) is 13.0 Å². The molecule has 0 spiro atoms. The normalized spacial score (nSPS) is 18.6. The Kier molecular flexibility index (Phi) is 3.49. The third-order valence-electron chi connectivity index (χ3n) is 3.50. The fourth-order valence-corrected chi connectivity index (χ4v) is 2.45. The van der Waals surface area contributed by atoms with Crippen LogP contribution < -0.4 is 5.32 Å². The van der Waals surface area contributed by atoms with Crippen molar-refractivity contribution < 1.29 is 0 Å². The zero-order valence-electron chi connectivity index (χ0n) is 10.6. The third-order valence-corrected chi connectivity index (χ3v) is 3.50. The highest BCUT2D eigenvalue weighted by Crippen LogP contribution is 2.40. The van der Waals surface area contributed by atoms with Gasteiger partial charge in [-0.2, -0.15) is 5.26 Å². The predicted molar refractivity (Wildman–Crippen MR) is 66.3 cm³/mol. The first-order chi connectivity index (χ1) is 8.25. The maximum absolute atomic E-state index is 9.53. The molecule has 4 nitrogen and oxygen atoms in total. The summed E-state index contributed by atoms with van der Waals surface area (Å²) in [5.74, 6) is 1.56. The molecular formula is C13H20N4. The lowest BCUT2D eigenvalue weighted by atomic mass is 9.94. The number of aryl methyl sites for hydroxylation is 1. The molecule has 17 heavy (non-hydrogen) atoms. The molecule has 2 rings (SSSR count). The van der Waals surface area contributed by atoms with E-state index in [0.717, 1.165) is 31.6 Å². The minimum Gasteiger partial charge on any atom is -0.332 e. The number of imidazole rings is 1. The van der Waals surface area contributed by atoms with Gasteiger partial charge in [-0.1, -0.05) is 13.8 Å². The highest BCUT2D eigenvalue weighted by Gasteiger charge is 2.45. The van der Waals surface area contributed by atoms with Gasteiger partial charge >= 0.3 is 0 Å². The average molecular weight is 232 g/mol. The summed E-state index contributed by atoms with van der Waals surface area (Å²) < 4.78 is 2.12. The van der Waals surface area contributed by atoms with Crippen LogP contribution in [0.15, 0.2) is 12.4 Å². The lowest BCUT2D eigenvalue weighted by Crippen LogP contribution is -2.49. The van der Waals surface area contributed by atoms with Crippen molar-refractivity contribution in [3.05, 3.63) is 18.2 Å². The van der Waals surface area contributed by atoms with Gasteiger partial charge in [0.1, 0.15) is 11.4 Å². The monoisotopic (exact) mass is 232 g/mol. The molecule has 0 saturated heterocycles. The van der Waals surface area contributed by atoms with Gasteiger partial charge in [0.05, 0.1) is 12.6 Å². The summed E-state index contributed by atoms with van der Waals surface area (Å²) in [6.45, 7) is 5.70. The summed E-state index contributed by atoms with van der Waals surface area (Å²) in [7, 11) is 0. The zero-order chi connectivity index (χ0) is 12.3. The topological polar surface area (TPSA) is 53.6 Å². The first-order valence-electron chi connectivity index (χ1n) is 6.42. The average Bonchev–Trinajstić information content (AvgIpc) is 3.10. The molecule has 1 saturated carbocycles. The van der Waals surface area contributed by atoms with E-state index < -0.39 is 5.54 Å². The van der Waals surface area contributed by atoms with E-state index in [9.17, 15) is 5.26 Å². The first kappa shape index (κ1) is 12.1. The lowest BCUT2D eigenvalue weighted by Gasteiger charge is -2.28. The Hall–Kier alpha value is -1.34. The van der Waals surface area contributed by atoms with Crippen molar-refractivity contribution in [2.45, 2.75) is 45.2 Å². The highest BCUT2D eigenvalue weighted by atomic mass is 15.1. The number of nitriles is 1. The van der Waals surface area contributed by atoms with Gasteiger partial charge < -0.3 is 4.57 Å². The summed E-state index contributed by atoms with van der Waals surface area (Å²) >= 11 is 0. The van der Waals surface area contributed by atoms with Crippen molar-refractivity contribution in [2.24, 2.45) is 5.92 Å². The van der Waals surface area contributed by atoms with Crippen LogP contribution in [0.4, 0.5) is 0 Å². The Morgan fingerprint density at radius 1 is 1.59 bits per heavy atom. The summed E-state index contributed by atoms with van der Waals surface area (Å²) in [6.07, 6.45) is 7.03. The van der Waals surface area contributed by atoms with Gasteiger partial charge in [-0.3, -0.25) is 5.32 Å². The molecule has 1 fully saturated rings. The Bertz CT molecular complexity index is 413. The predicted octanol–water partition coefficient (Wildman–Crippen LogP) is 1.73. The number of aromatic nitrogens is 2.